The number of carbonyl (C=O) groups is 1. The summed E-state index contributed by atoms with van der Waals surface area (Å²) in [5.74, 6) is -0.335. The van der Waals surface area contributed by atoms with Gasteiger partial charge >= 0.3 is 5.97 Å². The van der Waals surface area contributed by atoms with Crippen molar-refractivity contribution in [3.63, 3.8) is 0 Å². The third kappa shape index (κ3) is 1.67. The first-order chi connectivity index (χ1) is 6.11. The normalized spacial score (nSPS) is 10.1. The zero-order valence-electron chi connectivity index (χ0n) is 8.01. The van der Waals surface area contributed by atoms with Crippen LogP contribution in [0, 0.1) is 6.92 Å². The minimum absolute atomic E-state index is 0.335. The maximum atomic E-state index is 11.3. The van der Waals surface area contributed by atoms with Crippen molar-refractivity contribution >= 4 is 22.3 Å². The van der Waals surface area contributed by atoms with Gasteiger partial charge in [0.2, 0.25) is 0 Å². The summed E-state index contributed by atoms with van der Waals surface area (Å²) in [5, 5.41) is 0.557. The van der Waals surface area contributed by atoms with Crippen molar-refractivity contribution in [2.45, 2.75) is 20.3 Å². The van der Waals surface area contributed by atoms with Gasteiger partial charge in [0, 0.05) is 4.88 Å². The third-order valence-corrected chi connectivity index (χ3v) is 2.96. The molecule has 0 amide bonds. The molecule has 0 fully saturated rings. The largest absolute Gasteiger partial charge is 0.465 e. The van der Waals surface area contributed by atoms with Gasteiger partial charge in [-0.15, -0.1) is 11.3 Å². The Balaban J connectivity index is 3.24. The Labute approximate surface area is 81.5 Å². The van der Waals surface area contributed by atoms with Crippen molar-refractivity contribution in [2.24, 2.45) is 0 Å². The van der Waals surface area contributed by atoms with Gasteiger partial charge in [-0.05, 0) is 18.9 Å². The van der Waals surface area contributed by atoms with Crippen molar-refractivity contribution in [1.29, 1.82) is 0 Å². The van der Waals surface area contributed by atoms with E-state index in [1.54, 1.807) is 0 Å². The highest BCUT2D eigenvalue weighted by atomic mass is 32.1. The number of aryl methyl sites for hydroxylation is 1. The second-order valence-corrected chi connectivity index (χ2v) is 3.98. The molecule has 1 aromatic heterocycles. The molecule has 0 atom stereocenters. The van der Waals surface area contributed by atoms with Crippen LogP contribution in [0.15, 0.2) is 0 Å². The van der Waals surface area contributed by atoms with Crippen molar-refractivity contribution in [3.8, 4) is 0 Å². The number of carbonyl (C=O) groups excluding carboxylic acids is 1. The third-order valence-electron chi connectivity index (χ3n) is 1.98. The molecule has 0 aromatic carbocycles. The van der Waals surface area contributed by atoms with Crippen molar-refractivity contribution < 1.29 is 9.53 Å². The van der Waals surface area contributed by atoms with Crippen LogP contribution in [-0.2, 0) is 11.2 Å². The topological polar surface area (TPSA) is 52.3 Å². The minimum atomic E-state index is -0.335. The predicted molar refractivity (Wildman–Crippen MR) is 54.2 cm³/mol. The second kappa shape index (κ2) is 3.79. The number of nitrogen functional groups attached to an aromatic ring is 1. The Bertz CT molecular complexity index is 331. The number of hydrogen-bond donors (Lipinski definition) is 1. The molecular weight excluding hydrogens is 186 g/mol. The number of ether oxygens (including phenoxy) is 1. The molecule has 0 aliphatic carbocycles. The highest BCUT2D eigenvalue weighted by Crippen LogP contribution is 2.31. The van der Waals surface area contributed by atoms with E-state index in [0.717, 1.165) is 16.9 Å². The number of nitrogens with two attached hydrogens (primary N) is 1. The molecule has 1 heterocycles. The lowest BCUT2D eigenvalue weighted by atomic mass is 10.1. The maximum Gasteiger partial charge on any atom is 0.341 e. The van der Waals surface area contributed by atoms with Gasteiger partial charge in [-0.3, -0.25) is 0 Å². The Morgan fingerprint density at radius 2 is 2.23 bits per heavy atom. The molecule has 0 unspecified atom stereocenters. The average molecular weight is 199 g/mol. The fourth-order valence-electron chi connectivity index (χ4n) is 1.35. The van der Waals surface area contributed by atoms with E-state index in [9.17, 15) is 4.79 Å². The van der Waals surface area contributed by atoms with Crippen LogP contribution >= 0.6 is 11.3 Å². The highest BCUT2D eigenvalue weighted by Gasteiger charge is 2.19. The number of rotatable bonds is 2. The lowest BCUT2D eigenvalue weighted by Crippen LogP contribution is -2.05. The molecule has 13 heavy (non-hydrogen) atoms. The SMILES string of the molecule is CCc1c(C)sc(N)c1C(=O)OC. The molecule has 1 aromatic rings. The summed E-state index contributed by atoms with van der Waals surface area (Å²) in [6, 6.07) is 0. The van der Waals surface area contributed by atoms with E-state index in [-0.39, 0.29) is 5.97 Å². The Morgan fingerprint density at radius 3 is 2.69 bits per heavy atom. The van der Waals surface area contributed by atoms with Gasteiger partial charge < -0.3 is 10.5 Å². The van der Waals surface area contributed by atoms with Gasteiger partial charge in [0.15, 0.2) is 0 Å². The van der Waals surface area contributed by atoms with Crippen LogP contribution in [-0.4, -0.2) is 13.1 Å². The number of anilines is 1. The van der Waals surface area contributed by atoms with Crippen LogP contribution in [0.4, 0.5) is 5.00 Å². The van der Waals surface area contributed by atoms with Gasteiger partial charge in [-0.25, -0.2) is 4.79 Å². The molecule has 0 aliphatic rings. The molecule has 0 bridgehead atoms. The summed E-state index contributed by atoms with van der Waals surface area (Å²) in [6.45, 7) is 3.97. The van der Waals surface area contributed by atoms with E-state index >= 15 is 0 Å². The molecule has 2 N–H and O–H groups in total. The quantitative estimate of drug-likeness (QED) is 0.741. The molecule has 0 saturated heterocycles. The Kier molecular flexibility index (Phi) is 2.93. The average Bonchev–Trinajstić information content (AvgIpc) is 2.39. The molecule has 0 aliphatic heterocycles. The van der Waals surface area contributed by atoms with E-state index in [2.05, 4.69) is 4.74 Å². The highest BCUT2D eigenvalue weighted by molar-refractivity contribution is 7.16. The van der Waals surface area contributed by atoms with Crippen LogP contribution in [0.1, 0.15) is 27.7 Å². The zero-order chi connectivity index (χ0) is 10.0. The molecule has 0 radical (unpaired) electrons. The summed E-state index contributed by atoms with van der Waals surface area (Å²) in [5.41, 5.74) is 7.27. The summed E-state index contributed by atoms with van der Waals surface area (Å²) in [4.78, 5) is 12.4. The van der Waals surface area contributed by atoms with Gasteiger partial charge in [0.25, 0.3) is 0 Å². The number of thiophene rings is 1. The van der Waals surface area contributed by atoms with Crippen molar-refractivity contribution in [1.82, 2.24) is 0 Å². The summed E-state index contributed by atoms with van der Waals surface area (Å²) in [7, 11) is 1.37. The molecule has 4 heteroatoms. The first-order valence-electron chi connectivity index (χ1n) is 4.07. The fourth-order valence-corrected chi connectivity index (χ4v) is 2.36. The van der Waals surface area contributed by atoms with E-state index in [1.807, 2.05) is 13.8 Å². The van der Waals surface area contributed by atoms with E-state index in [0.29, 0.717) is 10.6 Å². The minimum Gasteiger partial charge on any atom is -0.465 e. The van der Waals surface area contributed by atoms with Crippen LogP contribution < -0.4 is 5.73 Å². The van der Waals surface area contributed by atoms with E-state index in [4.69, 9.17) is 5.73 Å². The number of esters is 1. The van der Waals surface area contributed by atoms with E-state index < -0.39 is 0 Å². The van der Waals surface area contributed by atoms with Crippen LogP contribution in [0.2, 0.25) is 0 Å². The fraction of sp³-hybridized carbons (Fsp3) is 0.444. The van der Waals surface area contributed by atoms with Gasteiger partial charge in [0.05, 0.1) is 12.7 Å². The number of hydrogen-bond acceptors (Lipinski definition) is 4. The summed E-state index contributed by atoms with van der Waals surface area (Å²) >= 11 is 1.44. The molecule has 0 saturated carbocycles. The van der Waals surface area contributed by atoms with Gasteiger partial charge in [-0.1, -0.05) is 6.92 Å². The number of methoxy groups -OCH3 is 1. The van der Waals surface area contributed by atoms with Crippen LogP contribution in [0.3, 0.4) is 0 Å². The molecule has 0 spiro atoms. The molecule has 3 nitrogen and oxygen atoms in total. The van der Waals surface area contributed by atoms with Crippen LogP contribution in [0.5, 0.6) is 0 Å². The summed E-state index contributed by atoms with van der Waals surface area (Å²) in [6.07, 6.45) is 0.809. The Morgan fingerprint density at radius 1 is 1.62 bits per heavy atom. The first-order valence-corrected chi connectivity index (χ1v) is 4.89. The summed E-state index contributed by atoms with van der Waals surface area (Å²) < 4.78 is 4.66. The maximum absolute atomic E-state index is 11.3. The first kappa shape index (κ1) is 10.1. The monoisotopic (exact) mass is 199 g/mol. The smallest absolute Gasteiger partial charge is 0.341 e. The van der Waals surface area contributed by atoms with Gasteiger partial charge in [0.1, 0.15) is 5.00 Å². The molecular formula is C9H13NO2S. The van der Waals surface area contributed by atoms with Crippen molar-refractivity contribution in [3.05, 3.63) is 16.0 Å². The van der Waals surface area contributed by atoms with E-state index in [1.165, 1.54) is 18.4 Å². The lowest BCUT2D eigenvalue weighted by molar-refractivity contribution is 0.0601. The molecule has 1 rings (SSSR count). The lowest BCUT2D eigenvalue weighted by Gasteiger charge is -2.01. The standard InChI is InChI=1S/C9H13NO2S/c1-4-6-5(2)13-8(10)7(6)9(11)12-3/h4,10H2,1-3H3. The zero-order valence-corrected chi connectivity index (χ0v) is 8.83. The Hall–Kier alpha value is -1.03. The van der Waals surface area contributed by atoms with Crippen LogP contribution in [0.25, 0.3) is 0 Å². The second-order valence-electron chi connectivity index (χ2n) is 2.72. The van der Waals surface area contributed by atoms with Crippen molar-refractivity contribution in [2.75, 3.05) is 12.8 Å². The predicted octanol–water partition coefficient (Wildman–Crippen LogP) is 1.99. The molecule has 72 valence electrons. The van der Waals surface area contributed by atoms with Gasteiger partial charge in [-0.2, -0.15) is 0 Å².